The number of nitrogens with zero attached hydrogens (tertiary/aromatic N) is 3. The smallest absolute Gasteiger partial charge is 0.416 e. The number of benzene rings is 3. The van der Waals surface area contributed by atoms with E-state index in [-0.39, 0.29) is 36.3 Å². The summed E-state index contributed by atoms with van der Waals surface area (Å²) >= 11 is 6.06. The molecular weight excluding hydrogens is 526 g/mol. The first kappa shape index (κ1) is 27.1. The van der Waals surface area contributed by atoms with Crippen molar-refractivity contribution >= 4 is 17.4 Å². The lowest BCUT2D eigenvalue weighted by Gasteiger charge is -2.12. The summed E-state index contributed by atoms with van der Waals surface area (Å²) < 4.78 is 61.8. The molecule has 1 aromatic heterocycles. The molecule has 0 fully saturated rings. The minimum absolute atomic E-state index is 0.0163. The SMILES string of the molecule is COc1cc(Cl)ccc1-c1nn(CC(=O)CCc2ccccc2C(F)(F)F)c(=O)n1Cc1ccccc1F. The maximum absolute atomic E-state index is 14.4. The molecule has 0 spiro atoms. The highest BCUT2D eigenvalue weighted by Gasteiger charge is 2.32. The zero-order chi connectivity index (χ0) is 27.4. The number of halogens is 5. The number of Topliss-reactive ketones (excluding diaryl/α,β-unsaturated/α-hetero) is 1. The molecule has 0 aliphatic heterocycles. The first-order chi connectivity index (χ1) is 18.1. The average Bonchev–Trinajstić information content (AvgIpc) is 3.18. The Kier molecular flexibility index (Phi) is 8.01. The van der Waals surface area contributed by atoms with E-state index < -0.39 is 35.6 Å². The van der Waals surface area contributed by atoms with Crippen LogP contribution in [-0.2, 0) is 30.5 Å². The van der Waals surface area contributed by atoms with Crippen molar-refractivity contribution in [3.05, 3.63) is 105 Å². The fraction of sp³-hybridized carbons (Fsp3) is 0.222. The van der Waals surface area contributed by atoms with Crippen LogP contribution in [0.25, 0.3) is 11.4 Å². The molecule has 0 aliphatic carbocycles. The van der Waals surface area contributed by atoms with Gasteiger partial charge in [0.15, 0.2) is 11.6 Å². The number of alkyl halides is 3. The summed E-state index contributed by atoms with van der Waals surface area (Å²) in [4.78, 5) is 26.1. The second kappa shape index (κ2) is 11.2. The zero-order valence-electron chi connectivity index (χ0n) is 20.1. The fourth-order valence-corrected chi connectivity index (χ4v) is 4.23. The molecular formula is C27H22ClF4N3O3. The predicted octanol–water partition coefficient (Wildman–Crippen LogP) is 5.78. The summed E-state index contributed by atoms with van der Waals surface area (Å²) in [6.07, 6.45) is -4.94. The van der Waals surface area contributed by atoms with Crippen LogP contribution in [0.15, 0.2) is 71.5 Å². The number of hydrogen-bond acceptors (Lipinski definition) is 4. The van der Waals surface area contributed by atoms with Crippen LogP contribution in [0.5, 0.6) is 5.75 Å². The van der Waals surface area contributed by atoms with Crippen LogP contribution in [0.3, 0.4) is 0 Å². The van der Waals surface area contributed by atoms with Crippen molar-refractivity contribution in [2.24, 2.45) is 0 Å². The van der Waals surface area contributed by atoms with Gasteiger partial charge in [-0.1, -0.05) is 48.0 Å². The van der Waals surface area contributed by atoms with Gasteiger partial charge in [-0.2, -0.15) is 13.2 Å². The van der Waals surface area contributed by atoms with Crippen molar-refractivity contribution < 1.29 is 27.1 Å². The lowest BCUT2D eigenvalue weighted by Crippen LogP contribution is -2.28. The van der Waals surface area contributed by atoms with Gasteiger partial charge in [-0.15, -0.1) is 5.10 Å². The molecule has 38 heavy (non-hydrogen) atoms. The van der Waals surface area contributed by atoms with Gasteiger partial charge in [0.2, 0.25) is 0 Å². The van der Waals surface area contributed by atoms with E-state index in [1.54, 1.807) is 18.2 Å². The Morgan fingerprint density at radius 1 is 1.03 bits per heavy atom. The average molecular weight is 548 g/mol. The zero-order valence-corrected chi connectivity index (χ0v) is 20.9. The Balaban J connectivity index is 1.66. The summed E-state index contributed by atoms with van der Waals surface area (Å²) in [6, 6.07) is 15.6. The third-order valence-corrected chi connectivity index (χ3v) is 6.17. The molecule has 4 aromatic rings. The number of carbonyl (C=O) groups is 1. The number of aryl methyl sites for hydroxylation is 1. The summed E-state index contributed by atoms with van der Waals surface area (Å²) in [5, 5.41) is 4.69. The van der Waals surface area contributed by atoms with Crippen LogP contribution in [0.2, 0.25) is 5.02 Å². The second-order valence-electron chi connectivity index (χ2n) is 8.48. The molecule has 0 bridgehead atoms. The van der Waals surface area contributed by atoms with E-state index in [2.05, 4.69) is 5.10 Å². The molecule has 0 unspecified atom stereocenters. The van der Waals surface area contributed by atoms with Crippen molar-refractivity contribution in [1.82, 2.24) is 14.3 Å². The normalized spacial score (nSPS) is 11.5. The minimum Gasteiger partial charge on any atom is -0.496 e. The topological polar surface area (TPSA) is 66.1 Å². The number of ketones is 1. The number of carbonyl (C=O) groups excluding carboxylic acids is 1. The molecule has 1 heterocycles. The van der Waals surface area contributed by atoms with Gasteiger partial charge in [0.05, 0.1) is 24.8 Å². The molecule has 0 aliphatic rings. The van der Waals surface area contributed by atoms with Crippen LogP contribution < -0.4 is 10.4 Å². The molecule has 0 radical (unpaired) electrons. The van der Waals surface area contributed by atoms with E-state index in [1.807, 2.05) is 0 Å². The summed E-state index contributed by atoms with van der Waals surface area (Å²) in [6.45, 7) is -0.653. The number of hydrogen-bond donors (Lipinski definition) is 0. The third-order valence-electron chi connectivity index (χ3n) is 5.94. The first-order valence-electron chi connectivity index (χ1n) is 11.5. The van der Waals surface area contributed by atoms with E-state index >= 15 is 0 Å². The number of ether oxygens (including phenoxy) is 1. The molecule has 0 saturated carbocycles. The highest BCUT2D eigenvalue weighted by atomic mass is 35.5. The minimum atomic E-state index is -4.55. The van der Waals surface area contributed by atoms with Gasteiger partial charge < -0.3 is 4.74 Å². The van der Waals surface area contributed by atoms with Crippen molar-refractivity contribution in [3.63, 3.8) is 0 Å². The van der Waals surface area contributed by atoms with Gasteiger partial charge in [0.25, 0.3) is 0 Å². The quantitative estimate of drug-likeness (QED) is 0.249. The molecule has 3 aromatic carbocycles. The Labute approximate surface area is 220 Å². The number of aromatic nitrogens is 3. The van der Waals surface area contributed by atoms with Crippen LogP contribution in [0.4, 0.5) is 17.6 Å². The lowest BCUT2D eigenvalue weighted by molar-refractivity contribution is -0.138. The largest absolute Gasteiger partial charge is 0.496 e. The summed E-state index contributed by atoms with van der Waals surface area (Å²) in [5.74, 6) is -0.601. The van der Waals surface area contributed by atoms with Gasteiger partial charge >= 0.3 is 11.9 Å². The van der Waals surface area contributed by atoms with Gasteiger partial charge in [0.1, 0.15) is 18.1 Å². The van der Waals surface area contributed by atoms with Crippen molar-refractivity contribution in [1.29, 1.82) is 0 Å². The van der Waals surface area contributed by atoms with E-state index in [4.69, 9.17) is 16.3 Å². The molecule has 6 nitrogen and oxygen atoms in total. The summed E-state index contributed by atoms with van der Waals surface area (Å²) in [7, 11) is 1.41. The highest BCUT2D eigenvalue weighted by molar-refractivity contribution is 6.30. The van der Waals surface area contributed by atoms with Gasteiger partial charge in [0, 0.05) is 17.0 Å². The monoisotopic (exact) mass is 547 g/mol. The second-order valence-corrected chi connectivity index (χ2v) is 8.92. The molecule has 11 heteroatoms. The van der Waals surface area contributed by atoms with Crippen molar-refractivity contribution in [2.45, 2.75) is 32.1 Å². The van der Waals surface area contributed by atoms with Crippen LogP contribution >= 0.6 is 11.6 Å². The molecule has 4 rings (SSSR count). The predicted molar refractivity (Wildman–Crippen MR) is 134 cm³/mol. The number of rotatable bonds is 9. The standard InChI is InChI=1S/C27H22ClF4N3O3/c1-38-24-14-19(28)11-13-21(24)25-33-35(26(37)34(25)15-18-7-3-5-9-23(18)29)16-20(36)12-10-17-6-2-4-8-22(17)27(30,31)32/h2-9,11,13-14H,10,12,15-16H2,1H3. The van der Waals surface area contributed by atoms with Gasteiger partial charge in [-0.25, -0.2) is 13.9 Å². The maximum atomic E-state index is 14.4. The van der Waals surface area contributed by atoms with Gasteiger partial charge in [-0.3, -0.25) is 9.36 Å². The Hall–Kier alpha value is -3.92. The van der Waals surface area contributed by atoms with E-state index in [0.29, 0.717) is 16.3 Å². The molecule has 0 saturated heterocycles. The Bertz CT molecular complexity index is 1530. The van der Waals surface area contributed by atoms with Crippen LogP contribution in [-0.4, -0.2) is 27.2 Å². The summed E-state index contributed by atoms with van der Waals surface area (Å²) in [5.41, 5.74) is -0.910. The molecule has 0 atom stereocenters. The van der Waals surface area contributed by atoms with E-state index in [1.165, 1.54) is 54.1 Å². The highest BCUT2D eigenvalue weighted by Crippen LogP contribution is 2.33. The Morgan fingerprint density at radius 2 is 1.71 bits per heavy atom. The van der Waals surface area contributed by atoms with Crippen molar-refractivity contribution in [2.75, 3.05) is 7.11 Å². The fourth-order valence-electron chi connectivity index (χ4n) is 4.07. The Morgan fingerprint density at radius 3 is 2.39 bits per heavy atom. The number of methoxy groups -OCH3 is 1. The molecule has 0 amide bonds. The van der Waals surface area contributed by atoms with Crippen LogP contribution in [0, 0.1) is 5.82 Å². The lowest BCUT2D eigenvalue weighted by atomic mass is 10.0. The third kappa shape index (κ3) is 5.96. The first-order valence-corrected chi connectivity index (χ1v) is 11.9. The van der Waals surface area contributed by atoms with Crippen LogP contribution in [0.1, 0.15) is 23.1 Å². The van der Waals surface area contributed by atoms with E-state index in [0.717, 1.165) is 10.7 Å². The van der Waals surface area contributed by atoms with Gasteiger partial charge in [-0.05, 0) is 42.3 Å². The van der Waals surface area contributed by atoms with E-state index in [9.17, 15) is 27.2 Å². The van der Waals surface area contributed by atoms with Crippen molar-refractivity contribution in [3.8, 4) is 17.1 Å². The maximum Gasteiger partial charge on any atom is 0.416 e. The molecule has 198 valence electrons. The molecule has 0 N–H and O–H groups in total.